The fourth-order valence-corrected chi connectivity index (χ4v) is 3.46. The minimum atomic E-state index is -0.206. The summed E-state index contributed by atoms with van der Waals surface area (Å²) >= 11 is 0. The molecule has 1 aliphatic rings. The summed E-state index contributed by atoms with van der Waals surface area (Å²) in [4.78, 5) is 16.9. The Hall–Kier alpha value is -2.40. The summed E-state index contributed by atoms with van der Waals surface area (Å²) in [7, 11) is 1.65. The van der Waals surface area contributed by atoms with Gasteiger partial charge in [0.15, 0.2) is 0 Å². The summed E-state index contributed by atoms with van der Waals surface area (Å²) in [6.45, 7) is 4.15. The SMILES string of the molecule is COc1cccc(CCC(=O)N2CCCN(Cc3ccc(F)cc3)CC2)c1. The molecule has 0 unspecified atom stereocenters. The number of hydrogen-bond donors (Lipinski definition) is 0. The topological polar surface area (TPSA) is 32.8 Å². The minimum Gasteiger partial charge on any atom is -0.497 e. The lowest BCUT2D eigenvalue weighted by Crippen LogP contribution is -2.35. The summed E-state index contributed by atoms with van der Waals surface area (Å²) in [6, 6.07) is 14.5. The van der Waals surface area contributed by atoms with Crippen molar-refractivity contribution in [3.05, 3.63) is 65.5 Å². The first-order valence-electron chi connectivity index (χ1n) is 9.51. The average Bonchev–Trinajstić information content (AvgIpc) is 2.94. The second-order valence-electron chi connectivity index (χ2n) is 6.99. The molecule has 1 aliphatic heterocycles. The van der Waals surface area contributed by atoms with E-state index in [1.807, 2.05) is 41.3 Å². The van der Waals surface area contributed by atoms with Crippen molar-refractivity contribution in [2.75, 3.05) is 33.3 Å². The first-order valence-corrected chi connectivity index (χ1v) is 9.51. The Morgan fingerprint density at radius 2 is 1.85 bits per heavy atom. The molecule has 0 saturated carbocycles. The molecule has 1 saturated heterocycles. The Morgan fingerprint density at radius 1 is 1.04 bits per heavy atom. The summed E-state index contributed by atoms with van der Waals surface area (Å²) < 4.78 is 18.3. The molecule has 27 heavy (non-hydrogen) atoms. The highest BCUT2D eigenvalue weighted by Gasteiger charge is 2.19. The van der Waals surface area contributed by atoms with Crippen LogP contribution in [-0.4, -0.2) is 49.0 Å². The number of carbonyl (C=O) groups excluding carboxylic acids is 1. The second kappa shape index (κ2) is 9.51. The van der Waals surface area contributed by atoms with Gasteiger partial charge in [-0.3, -0.25) is 9.69 Å². The van der Waals surface area contributed by atoms with Crippen LogP contribution in [0.4, 0.5) is 4.39 Å². The van der Waals surface area contributed by atoms with Crippen LogP contribution in [0.2, 0.25) is 0 Å². The van der Waals surface area contributed by atoms with Crippen molar-refractivity contribution in [1.82, 2.24) is 9.80 Å². The maximum absolute atomic E-state index is 13.0. The van der Waals surface area contributed by atoms with Gasteiger partial charge in [-0.15, -0.1) is 0 Å². The third kappa shape index (κ3) is 5.79. The molecule has 1 fully saturated rings. The van der Waals surface area contributed by atoms with Gasteiger partial charge in [0, 0.05) is 39.1 Å². The van der Waals surface area contributed by atoms with Crippen LogP contribution in [0, 0.1) is 5.82 Å². The number of amides is 1. The van der Waals surface area contributed by atoms with Crippen LogP contribution < -0.4 is 4.74 Å². The van der Waals surface area contributed by atoms with Crippen molar-refractivity contribution < 1.29 is 13.9 Å². The summed E-state index contributed by atoms with van der Waals surface area (Å²) in [5, 5.41) is 0. The van der Waals surface area contributed by atoms with Gasteiger partial charge in [-0.2, -0.15) is 0 Å². The third-order valence-electron chi connectivity index (χ3n) is 5.02. The van der Waals surface area contributed by atoms with Crippen molar-refractivity contribution in [3.63, 3.8) is 0 Å². The zero-order valence-electron chi connectivity index (χ0n) is 15.9. The highest BCUT2D eigenvalue weighted by Crippen LogP contribution is 2.15. The summed E-state index contributed by atoms with van der Waals surface area (Å²) in [6.07, 6.45) is 2.21. The molecule has 2 aromatic carbocycles. The van der Waals surface area contributed by atoms with E-state index in [-0.39, 0.29) is 11.7 Å². The molecule has 1 amide bonds. The monoisotopic (exact) mass is 370 g/mol. The van der Waals surface area contributed by atoms with Crippen molar-refractivity contribution in [2.45, 2.75) is 25.8 Å². The van der Waals surface area contributed by atoms with E-state index < -0.39 is 0 Å². The molecular weight excluding hydrogens is 343 g/mol. The van der Waals surface area contributed by atoms with E-state index in [0.717, 1.165) is 62.4 Å². The van der Waals surface area contributed by atoms with E-state index in [4.69, 9.17) is 4.74 Å². The number of ether oxygens (including phenoxy) is 1. The molecule has 0 aromatic heterocycles. The van der Waals surface area contributed by atoms with Gasteiger partial charge in [0.05, 0.1) is 7.11 Å². The minimum absolute atomic E-state index is 0.206. The Kier molecular flexibility index (Phi) is 6.82. The Morgan fingerprint density at radius 3 is 2.63 bits per heavy atom. The van der Waals surface area contributed by atoms with Gasteiger partial charge in [-0.1, -0.05) is 24.3 Å². The van der Waals surface area contributed by atoms with Crippen LogP contribution in [0.15, 0.2) is 48.5 Å². The molecule has 1 heterocycles. The lowest BCUT2D eigenvalue weighted by molar-refractivity contribution is -0.131. The zero-order chi connectivity index (χ0) is 19.1. The number of carbonyl (C=O) groups is 1. The predicted molar refractivity (Wildman–Crippen MR) is 104 cm³/mol. The quantitative estimate of drug-likeness (QED) is 0.780. The number of halogens is 1. The number of rotatable bonds is 6. The fourth-order valence-electron chi connectivity index (χ4n) is 3.46. The maximum Gasteiger partial charge on any atom is 0.222 e. The van der Waals surface area contributed by atoms with Gasteiger partial charge >= 0.3 is 0 Å². The molecule has 5 heteroatoms. The van der Waals surface area contributed by atoms with Crippen LogP contribution in [0.5, 0.6) is 5.75 Å². The van der Waals surface area contributed by atoms with E-state index in [1.165, 1.54) is 12.1 Å². The zero-order valence-corrected chi connectivity index (χ0v) is 15.9. The van der Waals surface area contributed by atoms with Crippen LogP contribution in [-0.2, 0) is 17.8 Å². The number of benzene rings is 2. The summed E-state index contributed by atoms with van der Waals surface area (Å²) in [5.41, 5.74) is 2.23. The van der Waals surface area contributed by atoms with Crippen molar-refractivity contribution >= 4 is 5.91 Å². The maximum atomic E-state index is 13.0. The summed E-state index contributed by atoms with van der Waals surface area (Å²) in [5.74, 6) is 0.829. The first-order chi connectivity index (χ1) is 13.1. The van der Waals surface area contributed by atoms with Crippen LogP contribution >= 0.6 is 0 Å². The Bertz CT molecular complexity index is 748. The average molecular weight is 370 g/mol. The molecule has 0 N–H and O–H groups in total. The van der Waals surface area contributed by atoms with Gasteiger partial charge < -0.3 is 9.64 Å². The number of hydrogen-bond acceptors (Lipinski definition) is 3. The lowest BCUT2D eigenvalue weighted by Gasteiger charge is -2.22. The standard InChI is InChI=1S/C22H27FN2O2/c1-27-21-5-2-4-18(16-21)8-11-22(26)25-13-3-12-24(14-15-25)17-19-6-9-20(23)10-7-19/h2,4-7,9-10,16H,3,8,11-15,17H2,1H3. The van der Waals surface area contributed by atoms with E-state index in [2.05, 4.69) is 4.90 Å². The molecule has 0 radical (unpaired) electrons. The number of aryl methyl sites for hydroxylation is 1. The van der Waals surface area contributed by atoms with Gasteiger partial charge in [-0.25, -0.2) is 4.39 Å². The Balaban J connectivity index is 1.48. The molecule has 0 aliphatic carbocycles. The molecule has 3 rings (SSSR count). The largest absolute Gasteiger partial charge is 0.497 e. The Labute approximate surface area is 160 Å². The van der Waals surface area contributed by atoms with Crippen molar-refractivity contribution in [2.24, 2.45) is 0 Å². The van der Waals surface area contributed by atoms with Gasteiger partial charge in [-0.05, 0) is 48.2 Å². The van der Waals surface area contributed by atoms with Crippen LogP contribution in [0.3, 0.4) is 0 Å². The van der Waals surface area contributed by atoms with Crippen molar-refractivity contribution in [1.29, 1.82) is 0 Å². The second-order valence-corrected chi connectivity index (χ2v) is 6.99. The van der Waals surface area contributed by atoms with E-state index >= 15 is 0 Å². The third-order valence-corrected chi connectivity index (χ3v) is 5.02. The van der Waals surface area contributed by atoms with E-state index in [1.54, 1.807) is 7.11 Å². The molecule has 0 spiro atoms. The van der Waals surface area contributed by atoms with Gasteiger partial charge in [0.25, 0.3) is 0 Å². The van der Waals surface area contributed by atoms with E-state index in [9.17, 15) is 9.18 Å². The highest BCUT2D eigenvalue weighted by molar-refractivity contribution is 5.76. The molecule has 0 bridgehead atoms. The predicted octanol–water partition coefficient (Wildman–Crippen LogP) is 3.50. The van der Waals surface area contributed by atoms with Crippen molar-refractivity contribution in [3.8, 4) is 5.75 Å². The fraction of sp³-hybridized carbons (Fsp3) is 0.409. The number of methoxy groups -OCH3 is 1. The molecule has 2 aromatic rings. The smallest absolute Gasteiger partial charge is 0.222 e. The van der Waals surface area contributed by atoms with Crippen LogP contribution in [0.25, 0.3) is 0 Å². The van der Waals surface area contributed by atoms with Gasteiger partial charge in [0.2, 0.25) is 5.91 Å². The molecule has 4 nitrogen and oxygen atoms in total. The van der Waals surface area contributed by atoms with Crippen LogP contribution in [0.1, 0.15) is 24.0 Å². The lowest BCUT2D eigenvalue weighted by atomic mass is 10.1. The normalized spacial score (nSPS) is 15.4. The number of nitrogens with zero attached hydrogens (tertiary/aromatic N) is 2. The molecule has 144 valence electrons. The first kappa shape index (κ1) is 19.4. The van der Waals surface area contributed by atoms with Gasteiger partial charge in [0.1, 0.15) is 11.6 Å². The molecule has 0 atom stereocenters. The van der Waals surface area contributed by atoms with E-state index in [0.29, 0.717) is 6.42 Å². The highest BCUT2D eigenvalue weighted by atomic mass is 19.1. The molecular formula is C22H27FN2O2.